The van der Waals surface area contributed by atoms with Gasteiger partial charge < -0.3 is 20.1 Å². The van der Waals surface area contributed by atoms with E-state index in [-0.39, 0.29) is 43.4 Å². The molecule has 7 nitrogen and oxygen atoms in total. The molecule has 2 aliphatic rings. The average molecular weight is 465 g/mol. The van der Waals surface area contributed by atoms with Gasteiger partial charge in [-0.05, 0) is 34.6 Å². The summed E-state index contributed by atoms with van der Waals surface area (Å²) < 4.78 is 5.64. The Morgan fingerprint density at radius 3 is 2.24 bits per heavy atom. The predicted octanol–water partition coefficient (Wildman–Crippen LogP) is 4.26. The van der Waals surface area contributed by atoms with Gasteiger partial charge in [0.25, 0.3) is 0 Å². The molecule has 0 bridgehead atoms. The van der Waals surface area contributed by atoms with E-state index in [0.29, 0.717) is 13.0 Å². The summed E-state index contributed by atoms with van der Waals surface area (Å²) in [5.41, 5.74) is 4.63. The topological polar surface area (TPSA) is 95.9 Å². The van der Waals surface area contributed by atoms with E-state index in [1.165, 1.54) is 11.1 Å². The van der Waals surface area contributed by atoms with E-state index < -0.39 is 18.0 Å². The number of fused-ring (bicyclic) bond motifs is 3. The number of carboxylic acids is 1. The van der Waals surface area contributed by atoms with E-state index in [0.717, 1.165) is 17.5 Å². The van der Waals surface area contributed by atoms with Crippen molar-refractivity contribution in [3.8, 4) is 11.1 Å². The van der Waals surface area contributed by atoms with Crippen LogP contribution in [0.15, 0.2) is 48.5 Å². The largest absolute Gasteiger partial charge is 0.481 e. The minimum absolute atomic E-state index is 0.0246. The molecule has 34 heavy (non-hydrogen) atoms. The van der Waals surface area contributed by atoms with Crippen molar-refractivity contribution in [1.29, 1.82) is 0 Å². The summed E-state index contributed by atoms with van der Waals surface area (Å²) >= 11 is 0. The van der Waals surface area contributed by atoms with Crippen LogP contribution in [0.5, 0.6) is 0 Å². The quantitative estimate of drug-likeness (QED) is 0.609. The van der Waals surface area contributed by atoms with Crippen molar-refractivity contribution in [1.82, 2.24) is 10.2 Å². The van der Waals surface area contributed by atoms with Crippen LogP contribution in [0.25, 0.3) is 11.1 Å². The highest BCUT2D eigenvalue weighted by Gasteiger charge is 2.37. The number of amides is 2. The molecule has 0 saturated carbocycles. The van der Waals surface area contributed by atoms with Crippen LogP contribution in [0.1, 0.15) is 50.2 Å². The first-order valence-corrected chi connectivity index (χ1v) is 12.0. The summed E-state index contributed by atoms with van der Waals surface area (Å²) in [6.45, 7) is 4.72. The number of aliphatic carboxylic acids is 1. The maximum absolute atomic E-state index is 12.8. The molecule has 0 unspecified atom stereocenters. The molecule has 1 saturated heterocycles. The van der Waals surface area contributed by atoms with Gasteiger partial charge in [-0.2, -0.15) is 0 Å². The van der Waals surface area contributed by atoms with Gasteiger partial charge in [0.05, 0.1) is 5.92 Å². The molecule has 1 heterocycles. The minimum atomic E-state index is -0.871. The number of carboxylic acid groups (broad SMARTS) is 1. The Morgan fingerprint density at radius 1 is 1.06 bits per heavy atom. The number of benzene rings is 2. The average Bonchev–Trinajstić information content (AvgIpc) is 3.36. The van der Waals surface area contributed by atoms with Crippen molar-refractivity contribution >= 4 is 18.0 Å². The number of nitrogens with one attached hydrogen (secondary N) is 1. The molecule has 0 radical (unpaired) electrons. The smallest absolute Gasteiger partial charge is 0.407 e. The van der Waals surface area contributed by atoms with Crippen molar-refractivity contribution in [3.63, 3.8) is 0 Å². The summed E-state index contributed by atoms with van der Waals surface area (Å²) in [6.07, 6.45) is 1.04. The fourth-order valence-corrected chi connectivity index (χ4v) is 5.21. The Bertz CT molecular complexity index is 1020. The van der Waals surface area contributed by atoms with Gasteiger partial charge in [0.15, 0.2) is 0 Å². The first-order chi connectivity index (χ1) is 16.4. The number of nitrogens with zero attached hydrogens (tertiary/aromatic N) is 1. The van der Waals surface area contributed by atoms with Crippen LogP contribution >= 0.6 is 0 Å². The third kappa shape index (κ3) is 4.93. The maximum atomic E-state index is 12.8. The molecule has 1 fully saturated rings. The number of hydrogen-bond acceptors (Lipinski definition) is 4. The van der Waals surface area contributed by atoms with Crippen molar-refractivity contribution < 1.29 is 24.2 Å². The second-order valence-corrected chi connectivity index (χ2v) is 9.38. The van der Waals surface area contributed by atoms with Crippen LogP contribution in [-0.4, -0.2) is 53.7 Å². The van der Waals surface area contributed by atoms with Gasteiger partial charge in [-0.15, -0.1) is 0 Å². The van der Waals surface area contributed by atoms with Crippen LogP contribution in [0, 0.1) is 11.8 Å². The Hall–Kier alpha value is -3.35. The number of carbonyl (C=O) groups is 3. The lowest BCUT2D eigenvalue weighted by atomic mass is 9.98. The first-order valence-electron chi connectivity index (χ1n) is 12.0. The van der Waals surface area contributed by atoms with Gasteiger partial charge in [0, 0.05) is 31.5 Å². The van der Waals surface area contributed by atoms with Crippen molar-refractivity contribution in [2.75, 3.05) is 19.7 Å². The number of ether oxygens (including phenoxy) is 1. The van der Waals surface area contributed by atoms with Crippen LogP contribution in [-0.2, 0) is 14.3 Å². The molecule has 4 rings (SSSR count). The molecule has 1 aliphatic carbocycles. The number of likely N-dealkylation sites (tertiary alicyclic amines) is 1. The van der Waals surface area contributed by atoms with E-state index in [1.54, 1.807) is 4.90 Å². The van der Waals surface area contributed by atoms with Crippen molar-refractivity contribution in [2.24, 2.45) is 11.8 Å². The van der Waals surface area contributed by atoms with Gasteiger partial charge in [-0.3, -0.25) is 9.59 Å². The molecule has 180 valence electrons. The lowest BCUT2D eigenvalue weighted by molar-refractivity contribution is -0.142. The van der Waals surface area contributed by atoms with E-state index >= 15 is 0 Å². The molecule has 2 N–H and O–H groups in total. The summed E-state index contributed by atoms with van der Waals surface area (Å²) in [5.74, 6) is -1.65. The molecule has 1 aliphatic heterocycles. The zero-order chi connectivity index (χ0) is 24.2. The fraction of sp³-hybridized carbons (Fsp3) is 0.444. The van der Waals surface area contributed by atoms with Gasteiger partial charge in [0.1, 0.15) is 6.61 Å². The zero-order valence-electron chi connectivity index (χ0n) is 19.7. The molecule has 7 heteroatoms. The SMILES string of the molecule is CCC[C@@H](CC(=O)N1C[C@@H](C)[C@H](C(=O)O)C1)NC(=O)OCC1c2ccccc2-c2ccccc21. The molecule has 2 aromatic rings. The third-order valence-electron chi connectivity index (χ3n) is 7.01. The van der Waals surface area contributed by atoms with Crippen molar-refractivity contribution in [2.45, 2.75) is 45.1 Å². The zero-order valence-corrected chi connectivity index (χ0v) is 19.7. The number of alkyl carbamates (subject to hydrolysis) is 1. The molecule has 2 amide bonds. The van der Waals surface area contributed by atoms with Crippen LogP contribution < -0.4 is 5.32 Å². The number of hydrogen-bond donors (Lipinski definition) is 2. The highest BCUT2D eigenvalue weighted by molar-refractivity contribution is 5.81. The summed E-state index contributed by atoms with van der Waals surface area (Å²) in [5, 5.41) is 12.2. The van der Waals surface area contributed by atoms with Gasteiger partial charge >= 0.3 is 12.1 Å². The Labute approximate surface area is 200 Å². The normalized spacial score (nSPS) is 19.9. The Balaban J connectivity index is 1.35. The van der Waals surface area contributed by atoms with Gasteiger partial charge in [-0.1, -0.05) is 68.8 Å². The van der Waals surface area contributed by atoms with E-state index in [4.69, 9.17) is 4.74 Å². The molecule has 3 atom stereocenters. The lowest BCUT2D eigenvalue weighted by Gasteiger charge is -2.22. The minimum Gasteiger partial charge on any atom is -0.481 e. The van der Waals surface area contributed by atoms with E-state index in [1.807, 2.05) is 38.1 Å². The molecular weight excluding hydrogens is 432 g/mol. The van der Waals surface area contributed by atoms with Gasteiger partial charge in [-0.25, -0.2) is 4.79 Å². The van der Waals surface area contributed by atoms with Crippen molar-refractivity contribution in [3.05, 3.63) is 59.7 Å². The summed E-state index contributed by atoms with van der Waals surface area (Å²) in [4.78, 5) is 38.5. The highest BCUT2D eigenvalue weighted by atomic mass is 16.5. The lowest BCUT2D eigenvalue weighted by Crippen LogP contribution is -2.41. The van der Waals surface area contributed by atoms with Crippen LogP contribution in [0.4, 0.5) is 4.79 Å². The predicted molar refractivity (Wildman–Crippen MR) is 128 cm³/mol. The molecular formula is C27H32N2O5. The Kier molecular flexibility index (Phi) is 7.20. The van der Waals surface area contributed by atoms with E-state index in [2.05, 4.69) is 29.6 Å². The Morgan fingerprint density at radius 2 is 1.68 bits per heavy atom. The second kappa shape index (κ2) is 10.3. The second-order valence-electron chi connectivity index (χ2n) is 9.38. The third-order valence-corrected chi connectivity index (χ3v) is 7.01. The number of carbonyl (C=O) groups excluding carboxylic acids is 2. The van der Waals surface area contributed by atoms with E-state index in [9.17, 15) is 19.5 Å². The summed E-state index contributed by atoms with van der Waals surface area (Å²) in [7, 11) is 0. The summed E-state index contributed by atoms with van der Waals surface area (Å²) in [6, 6.07) is 16.0. The standard InChI is InChI=1S/C27H32N2O5/c1-3-8-18(13-25(30)29-14-17(2)23(15-29)26(31)32)28-27(33)34-16-24-21-11-6-4-9-19(21)20-10-5-7-12-22(20)24/h4-7,9-12,17-18,23-24H,3,8,13-16H2,1-2H3,(H,28,33)(H,31,32)/t17-,18+,23-/m1/s1. The monoisotopic (exact) mass is 464 g/mol. The molecule has 0 spiro atoms. The first kappa shape index (κ1) is 23.8. The van der Waals surface area contributed by atoms with Crippen LogP contribution in [0.2, 0.25) is 0 Å². The van der Waals surface area contributed by atoms with Gasteiger partial charge in [0.2, 0.25) is 5.91 Å². The number of rotatable bonds is 8. The molecule has 0 aromatic heterocycles. The van der Waals surface area contributed by atoms with Crippen LogP contribution in [0.3, 0.4) is 0 Å². The molecule has 2 aromatic carbocycles. The highest BCUT2D eigenvalue weighted by Crippen LogP contribution is 2.44. The fourth-order valence-electron chi connectivity index (χ4n) is 5.21. The maximum Gasteiger partial charge on any atom is 0.407 e.